The first-order valence-corrected chi connectivity index (χ1v) is 5.10. The molecule has 0 amide bonds. The second-order valence-electron chi connectivity index (χ2n) is 2.86. The third-order valence-corrected chi connectivity index (χ3v) is 2.97. The van der Waals surface area contributed by atoms with Crippen molar-refractivity contribution in [3.63, 3.8) is 0 Å². The highest BCUT2D eigenvalue weighted by atomic mass is 127. The predicted molar refractivity (Wildman–Crippen MR) is 54.8 cm³/mol. The van der Waals surface area contributed by atoms with E-state index in [9.17, 15) is 22.0 Å². The Kier molecular flexibility index (Phi) is 4.05. The van der Waals surface area contributed by atoms with Gasteiger partial charge >= 0.3 is 6.18 Å². The Hall–Kier alpha value is -0.510. The van der Waals surface area contributed by atoms with Gasteiger partial charge in [0.25, 0.3) is 6.43 Å². The topological polar surface area (TPSA) is 38.9 Å². The van der Waals surface area contributed by atoms with Crippen LogP contribution in [0.3, 0.4) is 0 Å². The molecule has 0 aliphatic heterocycles. The molecular formula is C8H6F5IN2. The molecule has 1 rings (SSSR count). The van der Waals surface area contributed by atoms with E-state index < -0.39 is 23.9 Å². The van der Waals surface area contributed by atoms with Gasteiger partial charge in [0.05, 0.1) is 11.3 Å². The average Bonchev–Trinajstić information content (AvgIpc) is 2.15. The predicted octanol–water partition coefficient (Wildman–Crippen LogP) is 3.10. The number of hydrogen-bond donors (Lipinski definition) is 1. The number of alkyl halides is 5. The maximum absolute atomic E-state index is 12.5. The van der Waals surface area contributed by atoms with Crippen LogP contribution in [-0.2, 0) is 12.7 Å². The third-order valence-electron chi connectivity index (χ3n) is 1.77. The fourth-order valence-corrected chi connectivity index (χ4v) is 1.86. The molecule has 0 radical (unpaired) electrons. The number of aromatic nitrogens is 1. The molecule has 1 heterocycles. The van der Waals surface area contributed by atoms with E-state index in [2.05, 4.69) is 4.98 Å². The minimum atomic E-state index is -4.69. The van der Waals surface area contributed by atoms with Crippen LogP contribution in [0.25, 0.3) is 0 Å². The van der Waals surface area contributed by atoms with Crippen LogP contribution in [0.15, 0.2) is 6.07 Å². The molecule has 0 fully saturated rings. The van der Waals surface area contributed by atoms with Gasteiger partial charge in [0.1, 0.15) is 5.69 Å². The Balaban J connectivity index is 3.42. The highest BCUT2D eigenvalue weighted by Crippen LogP contribution is 2.35. The van der Waals surface area contributed by atoms with E-state index in [0.29, 0.717) is 6.07 Å². The zero-order valence-corrected chi connectivity index (χ0v) is 9.81. The second-order valence-corrected chi connectivity index (χ2v) is 3.94. The van der Waals surface area contributed by atoms with Gasteiger partial charge in [-0.25, -0.2) is 13.8 Å². The van der Waals surface area contributed by atoms with Crippen LogP contribution in [-0.4, -0.2) is 4.98 Å². The molecule has 90 valence electrons. The van der Waals surface area contributed by atoms with Gasteiger partial charge in [0.2, 0.25) is 0 Å². The molecule has 0 saturated carbocycles. The van der Waals surface area contributed by atoms with E-state index in [1.165, 1.54) is 22.6 Å². The van der Waals surface area contributed by atoms with Crippen LogP contribution in [0, 0.1) is 3.57 Å². The first-order valence-electron chi connectivity index (χ1n) is 4.02. The summed E-state index contributed by atoms with van der Waals surface area (Å²) in [6, 6.07) is 0.353. The maximum Gasteiger partial charge on any atom is 0.417 e. The van der Waals surface area contributed by atoms with E-state index >= 15 is 0 Å². The molecule has 0 unspecified atom stereocenters. The van der Waals surface area contributed by atoms with Gasteiger partial charge in [-0.05, 0) is 28.7 Å². The quantitative estimate of drug-likeness (QED) is 0.656. The van der Waals surface area contributed by atoms with Gasteiger partial charge < -0.3 is 5.73 Å². The summed E-state index contributed by atoms with van der Waals surface area (Å²) >= 11 is 1.40. The van der Waals surface area contributed by atoms with E-state index in [4.69, 9.17) is 5.73 Å². The number of nitrogens with zero attached hydrogens (tertiary/aromatic N) is 1. The minimum absolute atomic E-state index is 0.175. The Morgan fingerprint density at radius 1 is 1.38 bits per heavy atom. The average molecular weight is 352 g/mol. The number of rotatable bonds is 2. The molecule has 0 aromatic carbocycles. The number of hydrogen-bond acceptors (Lipinski definition) is 2. The van der Waals surface area contributed by atoms with Gasteiger partial charge in [-0.15, -0.1) is 0 Å². The first-order chi connectivity index (χ1) is 7.27. The van der Waals surface area contributed by atoms with Crippen molar-refractivity contribution in [3.05, 3.63) is 26.6 Å². The minimum Gasteiger partial charge on any atom is -0.325 e. The molecule has 1 aromatic rings. The van der Waals surface area contributed by atoms with Gasteiger partial charge in [-0.2, -0.15) is 13.2 Å². The monoisotopic (exact) mass is 352 g/mol. The Bertz CT molecular complexity index is 391. The zero-order valence-electron chi connectivity index (χ0n) is 7.65. The summed E-state index contributed by atoms with van der Waals surface area (Å²) in [6.45, 7) is -0.318. The van der Waals surface area contributed by atoms with E-state index in [-0.39, 0.29) is 15.8 Å². The van der Waals surface area contributed by atoms with Crippen molar-refractivity contribution in [2.45, 2.75) is 19.1 Å². The summed E-state index contributed by atoms with van der Waals surface area (Å²) in [4.78, 5) is 3.38. The van der Waals surface area contributed by atoms with Crippen LogP contribution < -0.4 is 5.73 Å². The van der Waals surface area contributed by atoms with Crippen LogP contribution in [0.4, 0.5) is 22.0 Å². The van der Waals surface area contributed by atoms with Crippen LogP contribution in [0.1, 0.15) is 23.4 Å². The van der Waals surface area contributed by atoms with Gasteiger partial charge in [0.15, 0.2) is 0 Å². The van der Waals surface area contributed by atoms with Crippen molar-refractivity contribution in [2.75, 3.05) is 0 Å². The van der Waals surface area contributed by atoms with Gasteiger partial charge in [-0.3, -0.25) is 0 Å². The zero-order chi connectivity index (χ0) is 12.5. The van der Waals surface area contributed by atoms with E-state index in [1.807, 2.05) is 0 Å². The van der Waals surface area contributed by atoms with Crippen molar-refractivity contribution in [1.29, 1.82) is 0 Å². The highest BCUT2D eigenvalue weighted by molar-refractivity contribution is 14.1. The largest absolute Gasteiger partial charge is 0.417 e. The molecular weight excluding hydrogens is 346 g/mol. The van der Waals surface area contributed by atoms with E-state index in [0.717, 1.165) is 0 Å². The standard InChI is InChI=1S/C8H6F5IN2/c9-7(10)4-1-3(8(11,12)13)6(14)5(2-15)16-4/h1,7H,2,15H2. The Morgan fingerprint density at radius 3 is 2.31 bits per heavy atom. The molecule has 8 heteroatoms. The molecule has 0 saturated heterocycles. The van der Waals surface area contributed by atoms with Crippen molar-refractivity contribution in [2.24, 2.45) is 5.73 Å². The molecule has 0 bridgehead atoms. The fraction of sp³-hybridized carbons (Fsp3) is 0.375. The normalized spacial score (nSPS) is 12.2. The summed E-state index contributed by atoms with van der Waals surface area (Å²) in [6.07, 6.45) is -7.74. The second kappa shape index (κ2) is 4.78. The van der Waals surface area contributed by atoms with Gasteiger partial charge in [-0.1, -0.05) is 0 Å². The van der Waals surface area contributed by atoms with Crippen LogP contribution in [0.2, 0.25) is 0 Å². The van der Waals surface area contributed by atoms with E-state index in [1.54, 1.807) is 0 Å². The Labute approximate surface area is 101 Å². The lowest BCUT2D eigenvalue weighted by molar-refractivity contribution is -0.138. The molecule has 0 atom stereocenters. The molecule has 16 heavy (non-hydrogen) atoms. The smallest absolute Gasteiger partial charge is 0.325 e. The number of nitrogens with two attached hydrogens (primary N) is 1. The first kappa shape index (κ1) is 13.6. The summed E-state index contributed by atoms with van der Waals surface area (Å²) in [5.74, 6) is 0. The SMILES string of the molecule is NCc1nc(C(F)F)cc(C(F)(F)F)c1I. The summed E-state index contributed by atoms with van der Waals surface area (Å²) in [5.41, 5.74) is 2.94. The van der Waals surface area contributed by atoms with Crippen LogP contribution in [0.5, 0.6) is 0 Å². The van der Waals surface area contributed by atoms with Gasteiger partial charge in [0, 0.05) is 10.1 Å². The summed E-state index contributed by atoms with van der Waals surface area (Å²) in [5, 5.41) is 0. The maximum atomic E-state index is 12.5. The highest BCUT2D eigenvalue weighted by Gasteiger charge is 2.35. The van der Waals surface area contributed by atoms with Crippen LogP contribution >= 0.6 is 22.6 Å². The summed E-state index contributed by atoms with van der Waals surface area (Å²) < 4.78 is 61.9. The lowest BCUT2D eigenvalue weighted by Gasteiger charge is -2.13. The molecule has 2 nitrogen and oxygen atoms in total. The molecule has 1 aromatic heterocycles. The number of pyridine rings is 1. The molecule has 0 spiro atoms. The lowest BCUT2D eigenvalue weighted by Crippen LogP contribution is -2.14. The third kappa shape index (κ3) is 2.78. The molecule has 0 aliphatic rings. The van der Waals surface area contributed by atoms with Crippen molar-refractivity contribution in [3.8, 4) is 0 Å². The molecule has 0 aliphatic carbocycles. The van der Waals surface area contributed by atoms with Crippen molar-refractivity contribution in [1.82, 2.24) is 4.98 Å². The summed E-state index contributed by atoms with van der Waals surface area (Å²) in [7, 11) is 0. The van der Waals surface area contributed by atoms with Crippen molar-refractivity contribution >= 4 is 22.6 Å². The fourth-order valence-electron chi connectivity index (χ4n) is 1.06. The number of halogens is 6. The van der Waals surface area contributed by atoms with Crippen molar-refractivity contribution < 1.29 is 22.0 Å². The lowest BCUT2D eigenvalue weighted by atomic mass is 10.2. The molecule has 2 N–H and O–H groups in total. The Morgan fingerprint density at radius 2 is 1.94 bits per heavy atom.